The van der Waals surface area contributed by atoms with Crippen LogP contribution in [0.1, 0.15) is 37.7 Å². The molecule has 2 aromatic carbocycles. The Hall–Kier alpha value is -3.43. The van der Waals surface area contributed by atoms with E-state index < -0.39 is 5.97 Å². The summed E-state index contributed by atoms with van der Waals surface area (Å²) >= 11 is 7.48. The van der Waals surface area contributed by atoms with Crippen LogP contribution in [0, 0.1) is 13.8 Å². The Kier molecular flexibility index (Phi) is 6.62. The third-order valence-electron chi connectivity index (χ3n) is 4.85. The molecule has 1 amide bonds. The van der Waals surface area contributed by atoms with Crippen LogP contribution in [0.2, 0.25) is 5.02 Å². The maximum absolute atomic E-state index is 13.0. The number of anilines is 1. The summed E-state index contributed by atoms with van der Waals surface area (Å²) in [6.45, 7) is 3.87. The number of methoxy groups -OCH3 is 1. The number of halogens is 1. The first kappa shape index (κ1) is 22.8. The number of amides is 1. The van der Waals surface area contributed by atoms with Crippen molar-refractivity contribution in [3.63, 3.8) is 0 Å². The maximum Gasteiger partial charge on any atom is 0.339 e. The van der Waals surface area contributed by atoms with Crippen molar-refractivity contribution in [1.29, 1.82) is 0 Å². The van der Waals surface area contributed by atoms with Crippen molar-refractivity contribution in [1.82, 2.24) is 19.6 Å². The first-order chi connectivity index (χ1) is 15.9. The first-order valence-electron chi connectivity index (χ1n) is 9.96. The zero-order valence-electron chi connectivity index (χ0n) is 18.1. The molecule has 0 saturated heterocycles. The van der Waals surface area contributed by atoms with Gasteiger partial charge in [-0.05, 0) is 49.7 Å². The maximum atomic E-state index is 13.0. The van der Waals surface area contributed by atoms with Gasteiger partial charge in [-0.1, -0.05) is 41.6 Å². The van der Waals surface area contributed by atoms with Crippen LogP contribution in [0.3, 0.4) is 0 Å². The summed E-state index contributed by atoms with van der Waals surface area (Å²) in [6, 6.07) is 13.9. The molecule has 4 aromatic rings. The van der Waals surface area contributed by atoms with Crippen molar-refractivity contribution < 1.29 is 14.3 Å². The lowest BCUT2D eigenvalue weighted by atomic mass is 10.1. The normalized spacial score (nSPS) is 10.9. The summed E-state index contributed by atoms with van der Waals surface area (Å²) in [5.41, 5.74) is 3.77. The molecule has 0 bridgehead atoms. The highest BCUT2D eigenvalue weighted by Gasteiger charge is 2.16. The lowest BCUT2D eigenvalue weighted by molar-refractivity contribution is 0.0600. The summed E-state index contributed by atoms with van der Waals surface area (Å²) < 4.78 is 6.44. The van der Waals surface area contributed by atoms with Crippen molar-refractivity contribution in [2.24, 2.45) is 0 Å². The highest BCUT2D eigenvalue weighted by atomic mass is 35.5. The van der Waals surface area contributed by atoms with E-state index in [2.05, 4.69) is 20.4 Å². The second-order valence-electron chi connectivity index (χ2n) is 7.23. The summed E-state index contributed by atoms with van der Waals surface area (Å²) in [7, 11) is 1.27. The highest BCUT2D eigenvalue weighted by Crippen LogP contribution is 2.25. The van der Waals surface area contributed by atoms with Crippen LogP contribution >= 0.6 is 23.4 Å². The van der Waals surface area contributed by atoms with Gasteiger partial charge in [0.05, 0.1) is 17.7 Å². The molecule has 4 rings (SSSR count). The monoisotopic (exact) mass is 481 g/mol. The standard InChI is InChI=1S/C23H20ClN5O3S/c1-13-10-14(2)29-22(25-13)27-23(28-29)33-12-15-6-4-5-7-17(15)20(30)26-16-8-9-19(24)18(11-16)21(31)32-3/h4-11H,12H2,1-3H3,(H,26,30). The molecule has 0 spiro atoms. The number of fused-ring (bicyclic) bond motifs is 1. The van der Waals surface area contributed by atoms with E-state index in [4.69, 9.17) is 16.3 Å². The van der Waals surface area contributed by atoms with E-state index in [0.717, 1.165) is 17.0 Å². The summed E-state index contributed by atoms with van der Waals surface area (Å²) in [4.78, 5) is 33.8. The minimum atomic E-state index is -0.576. The number of benzene rings is 2. The van der Waals surface area contributed by atoms with Gasteiger partial charge in [0, 0.05) is 28.4 Å². The molecule has 0 saturated carbocycles. The molecule has 8 nitrogen and oxygen atoms in total. The molecule has 0 fully saturated rings. The van der Waals surface area contributed by atoms with Gasteiger partial charge in [-0.25, -0.2) is 14.3 Å². The second kappa shape index (κ2) is 9.60. The molecule has 2 aromatic heterocycles. The molecule has 0 atom stereocenters. The first-order valence-corrected chi connectivity index (χ1v) is 11.3. The van der Waals surface area contributed by atoms with Crippen LogP contribution < -0.4 is 5.32 Å². The van der Waals surface area contributed by atoms with Crippen LogP contribution in [0.4, 0.5) is 5.69 Å². The smallest absolute Gasteiger partial charge is 0.339 e. The van der Waals surface area contributed by atoms with E-state index in [-0.39, 0.29) is 16.5 Å². The van der Waals surface area contributed by atoms with Gasteiger partial charge in [-0.3, -0.25) is 4.79 Å². The predicted molar refractivity (Wildman–Crippen MR) is 127 cm³/mol. The van der Waals surface area contributed by atoms with Crippen LogP contribution in [-0.2, 0) is 10.5 Å². The number of ether oxygens (including phenoxy) is 1. The molecule has 0 aliphatic rings. The average Bonchev–Trinajstić information content (AvgIpc) is 3.22. The molecule has 0 aliphatic heterocycles. The molecular weight excluding hydrogens is 462 g/mol. The van der Waals surface area contributed by atoms with Gasteiger partial charge in [-0.2, -0.15) is 4.98 Å². The number of aromatic nitrogens is 4. The number of nitrogens with one attached hydrogen (secondary N) is 1. The molecule has 1 N–H and O–H groups in total. The number of hydrogen-bond donors (Lipinski definition) is 1. The number of rotatable bonds is 6. The van der Waals surface area contributed by atoms with Crippen LogP contribution in [0.25, 0.3) is 5.78 Å². The van der Waals surface area contributed by atoms with Gasteiger partial charge in [0.1, 0.15) is 0 Å². The fourth-order valence-electron chi connectivity index (χ4n) is 3.29. The topological polar surface area (TPSA) is 98.5 Å². The molecule has 33 heavy (non-hydrogen) atoms. The molecule has 168 valence electrons. The Labute approximate surface area is 199 Å². The van der Waals surface area contributed by atoms with Crippen LogP contribution in [-0.4, -0.2) is 38.6 Å². The average molecular weight is 482 g/mol. The third kappa shape index (κ3) is 4.99. The van der Waals surface area contributed by atoms with Gasteiger partial charge in [-0.15, -0.1) is 5.10 Å². The van der Waals surface area contributed by atoms with Crippen molar-refractivity contribution in [2.75, 3.05) is 12.4 Å². The lowest BCUT2D eigenvalue weighted by Gasteiger charge is -2.11. The van der Waals surface area contributed by atoms with Gasteiger partial charge in [0.15, 0.2) is 0 Å². The third-order valence-corrected chi connectivity index (χ3v) is 6.06. The quantitative estimate of drug-likeness (QED) is 0.314. The van der Waals surface area contributed by atoms with E-state index in [0.29, 0.717) is 27.9 Å². The SMILES string of the molecule is COC(=O)c1cc(NC(=O)c2ccccc2CSc2nc3nc(C)cc(C)n3n2)ccc1Cl. The summed E-state index contributed by atoms with van der Waals surface area (Å²) in [5.74, 6) is 0.158. The highest BCUT2D eigenvalue weighted by molar-refractivity contribution is 7.98. The molecule has 2 heterocycles. The van der Waals surface area contributed by atoms with Crippen molar-refractivity contribution in [2.45, 2.75) is 24.8 Å². The Bertz CT molecular complexity index is 1370. The molecule has 10 heteroatoms. The van der Waals surface area contributed by atoms with Gasteiger partial charge >= 0.3 is 5.97 Å². The largest absolute Gasteiger partial charge is 0.465 e. The van der Waals surface area contributed by atoms with Gasteiger partial charge in [0.25, 0.3) is 11.7 Å². The fourth-order valence-corrected chi connectivity index (χ4v) is 4.30. The number of thioether (sulfide) groups is 1. The number of carbonyl (C=O) groups excluding carboxylic acids is 2. The van der Waals surface area contributed by atoms with Crippen molar-refractivity contribution >= 4 is 46.7 Å². The fraction of sp³-hybridized carbons (Fsp3) is 0.174. The van der Waals surface area contributed by atoms with Crippen molar-refractivity contribution in [3.8, 4) is 0 Å². The number of hydrogen-bond acceptors (Lipinski definition) is 7. The minimum Gasteiger partial charge on any atom is -0.465 e. The number of nitrogens with zero attached hydrogens (tertiary/aromatic N) is 4. The van der Waals surface area contributed by atoms with E-state index >= 15 is 0 Å². The Morgan fingerprint density at radius 1 is 1.09 bits per heavy atom. The van der Waals surface area contributed by atoms with Crippen LogP contribution in [0.5, 0.6) is 0 Å². The molecule has 0 unspecified atom stereocenters. The number of esters is 1. The molecule has 0 radical (unpaired) electrons. The van der Waals surface area contributed by atoms with Crippen molar-refractivity contribution in [3.05, 3.63) is 81.6 Å². The molecular formula is C23H20ClN5O3S. The molecule has 0 aliphatic carbocycles. The zero-order valence-corrected chi connectivity index (χ0v) is 19.7. The predicted octanol–water partition coefficient (Wildman–Crippen LogP) is 4.73. The number of aryl methyl sites for hydroxylation is 2. The summed E-state index contributed by atoms with van der Waals surface area (Å²) in [5, 5.41) is 8.14. The minimum absolute atomic E-state index is 0.179. The number of carbonyl (C=O) groups is 2. The van der Waals surface area contributed by atoms with Crippen LogP contribution in [0.15, 0.2) is 53.7 Å². The van der Waals surface area contributed by atoms with E-state index in [1.807, 2.05) is 32.0 Å². The lowest BCUT2D eigenvalue weighted by Crippen LogP contribution is -2.14. The Balaban J connectivity index is 1.52. The van der Waals surface area contributed by atoms with Gasteiger partial charge in [0.2, 0.25) is 5.16 Å². The Morgan fingerprint density at radius 3 is 2.67 bits per heavy atom. The van der Waals surface area contributed by atoms with E-state index in [1.54, 1.807) is 22.7 Å². The zero-order chi connectivity index (χ0) is 23.5. The summed E-state index contributed by atoms with van der Waals surface area (Å²) in [6.07, 6.45) is 0. The second-order valence-corrected chi connectivity index (χ2v) is 8.58. The van der Waals surface area contributed by atoms with E-state index in [1.165, 1.54) is 31.0 Å². The van der Waals surface area contributed by atoms with Gasteiger partial charge < -0.3 is 10.1 Å². The Morgan fingerprint density at radius 2 is 1.88 bits per heavy atom. The van der Waals surface area contributed by atoms with E-state index in [9.17, 15) is 9.59 Å².